The summed E-state index contributed by atoms with van der Waals surface area (Å²) < 4.78 is 38.1. The molecule has 1 aliphatic heterocycles. The number of rotatable bonds is 9. The van der Waals surface area contributed by atoms with E-state index in [4.69, 9.17) is 9.47 Å². The number of carbonyl (C=O) groups is 1. The van der Waals surface area contributed by atoms with Crippen molar-refractivity contribution in [1.29, 1.82) is 0 Å². The van der Waals surface area contributed by atoms with E-state index < -0.39 is 10.0 Å². The molecule has 1 amide bonds. The molecular formula is C24H32N2O5S. The summed E-state index contributed by atoms with van der Waals surface area (Å²) in [6, 6.07) is 10.9. The second-order valence-electron chi connectivity index (χ2n) is 7.70. The standard InChI is InChI=1S/C24H32N2O5S/c1-4-18-7-6-8-19(5-2)24(18)25-23(27)12-9-20-17-21(10-11-22(20)30-3)32(28,29)26-13-15-31-16-14-26/h6-8,10-11,17H,4-5,9,12-16H2,1-3H3,(H,25,27). The Morgan fingerprint density at radius 2 is 1.72 bits per heavy atom. The Morgan fingerprint density at radius 1 is 1.06 bits per heavy atom. The second kappa shape index (κ2) is 10.9. The maximum atomic E-state index is 13.0. The molecule has 3 rings (SSSR count). The largest absolute Gasteiger partial charge is 0.496 e. The van der Waals surface area contributed by atoms with Gasteiger partial charge in [-0.2, -0.15) is 4.31 Å². The van der Waals surface area contributed by atoms with Crippen LogP contribution in [0.4, 0.5) is 5.69 Å². The van der Waals surface area contributed by atoms with E-state index in [-0.39, 0.29) is 17.2 Å². The van der Waals surface area contributed by atoms with Crippen LogP contribution in [-0.4, -0.2) is 52.0 Å². The van der Waals surface area contributed by atoms with Crippen molar-refractivity contribution in [3.05, 3.63) is 53.1 Å². The highest BCUT2D eigenvalue weighted by molar-refractivity contribution is 7.89. The summed E-state index contributed by atoms with van der Waals surface area (Å²) in [5, 5.41) is 3.07. The molecule has 1 saturated heterocycles. The van der Waals surface area contributed by atoms with E-state index >= 15 is 0 Å². The van der Waals surface area contributed by atoms with Crippen molar-refractivity contribution in [1.82, 2.24) is 4.31 Å². The van der Waals surface area contributed by atoms with Crippen LogP contribution in [0.1, 0.15) is 37.0 Å². The number of para-hydroxylation sites is 1. The average molecular weight is 461 g/mol. The van der Waals surface area contributed by atoms with Gasteiger partial charge in [0, 0.05) is 25.2 Å². The monoisotopic (exact) mass is 460 g/mol. The van der Waals surface area contributed by atoms with Gasteiger partial charge in [-0.15, -0.1) is 0 Å². The summed E-state index contributed by atoms with van der Waals surface area (Å²) >= 11 is 0. The van der Waals surface area contributed by atoms with Gasteiger partial charge in [-0.05, 0) is 54.2 Å². The Morgan fingerprint density at radius 3 is 2.31 bits per heavy atom. The molecule has 7 nitrogen and oxygen atoms in total. The van der Waals surface area contributed by atoms with Crippen LogP contribution in [0, 0.1) is 0 Å². The van der Waals surface area contributed by atoms with Crippen LogP contribution in [0.2, 0.25) is 0 Å². The first kappa shape index (κ1) is 24.2. The van der Waals surface area contributed by atoms with Crippen LogP contribution in [-0.2, 0) is 38.8 Å². The van der Waals surface area contributed by atoms with Gasteiger partial charge in [-0.25, -0.2) is 8.42 Å². The van der Waals surface area contributed by atoms with E-state index in [1.807, 2.05) is 18.2 Å². The lowest BCUT2D eigenvalue weighted by Gasteiger charge is -2.26. The fourth-order valence-electron chi connectivity index (χ4n) is 3.90. The first-order valence-corrected chi connectivity index (χ1v) is 12.5. The molecule has 1 N–H and O–H groups in total. The molecule has 1 aliphatic rings. The van der Waals surface area contributed by atoms with Crippen molar-refractivity contribution in [2.45, 2.75) is 44.4 Å². The van der Waals surface area contributed by atoms with Crippen molar-refractivity contribution in [2.24, 2.45) is 0 Å². The average Bonchev–Trinajstić information content (AvgIpc) is 2.83. The molecule has 0 spiro atoms. The lowest BCUT2D eigenvalue weighted by molar-refractivity contribution is -0.116. The van der Waals surface area contributed by atoms with Crippen molar-refractivity contribution in [2.75, 3.05) is 38.7 Å². The Balaban J connectivity index is 1.76. The number of sulfonamides is 1. The minimum atomic E-state index is -3.62. The van der Waals surface area contributed by atoms with Gasteiger partial charge in [0.25, 0.3) is 0 Å². The van der Waals surface area contributed by atoms with Gasteiger partial charge in [0.2, 0.25) is 15.9 Å². The van der Waals surface area contributed by atoms with Crippen LogP contribution >= 0.6 is 0 Å². The number of benzene rings is 2. The SMILES string of the molecule is CCc1cccc(CC)c1NC(=O)CCc1cc(S(=O)(=O)N2CCOCC2)ccc1OC. The minimum absolute atomic E-state index is 0.107. The first-order chi connectivity index (χ1) is 15.4. The Bertz CT molecular complexity index is 1020. The third-order valence-corrected chi connectivity index (χ3v) is 7.64. The van der Waals surface area contributed by atoms with E-state index in [2.05, 4.69) is 19.2 Å². The molecule has 8 heteroatoms. The molecule has 0 radical (unpaired) electrons. The fraction of sp³-hybridized carbons (Fsp3) is 0.458. The number of nitrogens with zero attached hydrogens (tertiary/aromatic N) is 1. The molecule has 1 fully saturated rings. The molecule has 2 aromatic rings. The molecule has 0 unspecified atom stereocenters. The van der Waals surface area contributed by atoms with Crippen LogP contribution < -0.4 is 10.1 Å². The van der Waals surface area contributed by atoms with Crippen molar-refractivity contribution < 1.29 is 22.7 Å². The highest BCUT2D eigenvalue weighted by Crippen LogP contribution is 2.27. The zero-order chi connectivity index (χ0) is 23.1. The topological polar surface area (TPSA) is 84.9 Å². The number of anilines is 1. The van der Waals surface area contributed by atoms with Gasteiger partial charge in [-0.1, -0.05) is 32.0 Å². The highest BCUT2D eigenvalue weighted by atomic mass is 32.2. The van der Waals surface area contributed by atoms with E-state index in [1.165, 1.54) is 4.31 Å². The predicted octanol–water partition coefficient (Wildman–Crippen LogP) is 3.41. The summed E-state index contributed by atoms with van der Waals surface area (Å²) in [5.74, 6) is 0.464. The zero-order valence-corrected chi connectivity index (χ0v) is 19.8. The van der Waals surface area contributed by atoms with Crippen molar-refractivity contribution in [3.8, 4) is 5.75 Å². The van der Waals surface area contributed by atoms with Crippen LogP contribution in [0.25, 0.3) is 0 Å². The number of morpholine rings is 1. The minimum Gasteiger partial charge on any atom is -0.496 e. The molecule has 0 aliphatic carbocycles. The quantitative estimate of drug-likeness (QED) is 0.620. The van der Waals surface area contributed by atoms with Gasteiger partial charge in [0.05, 0.1) is 25.2 Å². The summed E-state index contributed by atoms with van der Waals surface area (Å²) in [6.07, 6.45) is 2.26. The number of hydrogen-bond acceptors (Lipinski definition) is 5. The molecule has 0 saturated carbocycles. The molecule has 0 bridgehead atoms. The van der Waals surface area contributed by atoms with Crippen molar-refractivity contribution >= 4 is 21.6 Å². The lowest BCUT2D eigenvalue weighted by atomic mass is 10.0. The summed E-state index contributed by atoms with van der Waals surface area (Å²) in [7, 11) is -2.08. The molecule has 2 aromatic carbocycles. The van der Waals surface area contributed by atoms with E-state index in [0.717, 1.165) is 29.7 Å². The van der Waals surface area contributed by atoms with Crippen LogP contribution in [0.15, 0.2) is 41.3 Å². The Hall–Kier alpha value is -2.42. The number of amides is 1. The Labute approximate surface area is 190 Å². The highest BCUT2D eigenvalue weighted by Gasteiger charge is 2.27. The van der Waals surface area contributed by atoms with Gasteiger partial charge in [0.15, 0.2) is 0 Å². The summed E-state index contributed by atoms with van der Waals surface area (Å²) in [5.41, 5.74) is 3.79. The number of methoxy groups -OCH3 is 1. The van der Waals surface area contributed by atoms with Gasteiger partial charge in [-0.3, -0.25) is 4.79 Å². The number of nitrogens with one attached hydrogen (secondary N) is 1. The van der Waals surface area contributed by atoms with Crippen LogP contribution in [0.5, 0.6) is 5.75 Å². The predicted molar refractivity (Wildman–Crippen MR) is 125 cm³/mol. The molecular weight excluding hydrogens is 428 g/mol. The second-order valence-corrected chi connectivity index (χ2v) is 9.63. The zero-order valence-electron chi connectivity index (χ0n) is 19.0. The number of ether oxygens (including phenoxy) is 2. The molecule has 1 heterocycles. The van der Waals surface area contributed by atoms with E-state index in [1.54, 1.807) is 25.3 Å². The molecule has 32 heavy (non-hydrogen) atoms. The smallest absolute Gasteiger partial charge is 0.243 e. The number of aryl methyl sites for hydroxylation is 3. The summed E-state index contributed by atoms with van der Waals surface area (Å²) in [6.45, 7) is 5.58. The van der Waals surface area contributed by atoms with Crippen LogP contribution in [0.3, 0.4) is 0 Å². The number of carbonyl (C=O) groups excluding carboxylic acids is 1. The lowest BCUT2D eigenvalue weighted by Crippen LogP contribution is -2.40. The third-order valence-electron chi connectivity index (χ3n) is 5.74. The molecule has 0 aromatic heterocycles. The molecule has 0 atom stereocenters. The van der Waals surface area contributed by atoms with Gasteiger partial charge < -0.3 is 14.8 Å². The number of hydrogen-bond donors (Lipinski definition) is 1. The first-order valence-electron chi connectivity index (χ1n) is 11.1. The third kappa shape index (κ3) is 5.49. The molecule has 174 valence electrons. The van der Waals surface area contributed by atoms with Crippen molar-refractivity contribution in [3.63, 3.8) is 0 Å². The van der Waals surface area contributed by atoms with E-state index in [9.17, 15) is 13.2 Å². The van der Waals surface area contributed by atoms with Gasteiger partial charge >= 0.3 is 0 Å². The Kier molecular flexibility index (Phi) is 8.28. The van der Waals surface area contributed by atoms with Gasteiger partial charge in [0.1, 0.15) is 5.75 Å². The van der Waals surface area contributed by atoms with E-state index in [0.29, 0.717) is 44.0 Å². The normalized spacial score (nSPS) is 14.8. The summed E-state index contributed by atoms with van der Waals surface area (Å²) in [4.78, 5) is 13.0. The fourth-order valence-corrected chi connectivity index (χ4v) is 5.36. The maximum absolute atomic E-state index is 13.0. The maximum Gasteiger partial charge on any atom is 0.243 e.